The number of hydrogen-bond acceptors (Lipinski definition) is 4. The second kappa shape index (κ2) is 6.63. The molecule has 25 heavy (non-hydrogen) atoms. The molecule has 0 spiro atoms. The summed E-state index contributed by atoms with van der Waals surface area (Å²) in [5.74, 6) is -0.570. The minimum atomic E-state index is -0.285. The number of carbonyl (C=O) groups is 2. The first kappa shape index (κ1) is 15.7. The molecular formula is C20H13NO2S2. The SMILES string of the molecule is O=C1C(=C\c2cccs2)/C(=C/c2cccs2)C(=O)N1c1ccccc1. The van der Waals surface area contributed by atoms with Crippen LogP contribution in [0.15, 0.2) is 76.5 Å². The van der Waals surface area contributed by atoms with Crippen molar-refractivity contribution in [3.63, 3.8) is 0 Å². The summed E-state index contributed by atoms with van der Waals surface area (Å²) in [5.41, 5.74) is 1.46. The summed E-state index contributed by atoms with van der Waals surface area (Å²) >= 11 is 3.07. The van der Waals surface area contributed by atoms with Crippen molar-refractivity contribution in [2.75, 3.05) is 4.90 Å². The van der Waals surface area contributed by atoms with Crippen molar-refractivity contribution in [1.82, 2.24) is 0 Å². The van der Waals surface area contributed by atoms with Gasteiger partial charge in [0.15, 0.2) is 0 Å². The highest BCUT2D eigenvalue weighted by molar-refractivity contribution is 7.11. The first-order valence-corrected chi connectivity index (χ1v) is 9.44. The number of rotatable bonds is 3. The van der Waals surface area contributed by atoms with E-state index in [2.05, 4.69) is 0 Å². The van der Waals surface area contributed by atoms with Crippen molar-refractivity contribution in [2.45, 2.75) is 0 Å². The van der Waals surface area contributed by atoms with Crippen molar-refractivity contribution in [2.24, 2.45) is 0 Å². The number of carbonyl (C=O) groups excluding carboxylic acids is 2. The summed E-state index contributed by atoms with van der Waals surface area (Å²) in [6.45, 7) is 0. The zero-order valence-corrected chi connectivity index (χ0v) is 14.7. The molecule has 0 atom stereocenters. The molecule has 3 nitrogen and oxygen atoms in total. The molecule has 0 bridgehead atoms. The van der Waals surface area contributed by atoms with Crippen LogP contribution in [0, 0.1) is 0 Å². The van der Waals surface area contributed by atoms with Gasteiger partial charge in [-0.25, -0.2) is 4.90 Å². The smallest absolute Gasteiger partial charge is 0.266 e. The average molecular weight is 363 g/mol. The summed E-state index contributed by atoms with van der Waals surface area (Å²) in [5, 5.41) is 3.90. The predicted octanol–water partition coefficient (Wildman–Crippen LogP) is 4.85. The van der Waals surface area contributed by atoms with Gasteiger partial charge in [-0.3, -0.25) is 9.59 Å². The lowest BCUT2D eigenvalue weighted by atomic mass is 10.1. The van der Waals surface area contributed by atoms with Gasteiger partial charge >= 0.3 is 0 Å². The van der Waals surface area contributed by atoms with Crippen LogP contribution in [0.2, 0.25) is 0 Å². The number of hydrogen-bond donors (Lipinski definition) is 0. The highest BCUT2D eigenvalue weighted by atomic mass is 32.1. The standard InChI is InChI=1S/C20H13NO2S2/c22-19-17(12-15-8-4-10-24-15)18(13-16-9-5-11-25-16)20(23)21(19)14-6-2-1-3-7-14/h1-13H/b17-12-,18-13-. The zero-order chi connectivity index (χ0) is 17.2. The van der Waals surface area contributed by atoms with E-state index in [1.165, 1.54) is 27.6 Å². The van der Waals surface area contributed by atoms with E-state index in [1.54, 1.807) is 24.3 Å². The number of thiophene rings is 2. The van der Waals surface area contributed by atoms with Crippen molar-refractivity contribution in [1.29, 1.82) is 0 Å². The molecule has 0 saturated carbocycles. The van der Waals surface area contributed by atoms with Gasteiger partial charge in [-0.15, -0.1) is 22.7 Å². The van der Waals surface area contributed by atoms with Crippen LogP contribution in [0.1, 0.15) is 9.75 Å². The number of anilines is 1. The van der Waals surface area contributed by atoms with Gasteiger partial charge in [0, 0.05) is 9.75 Å². The Balaban J connectivity index is 1.85. The lowest BCUT2D eigenvalue weighted by Crippen LogP contribution is -2.29. The fourth-order valence-electron chi connectivity index (χ4n) is 2.69. The molecule has 1 fully saturated rings. The van der Waals surface area contributed by atoms with E-state index >= 15 is 0 Å². The van der Waals surface area contributed by atoms with E-state index in [1.807, 2.05) is 53.2 Å². The summed E-state index contributed by atoms with van der Waals surface area (Å²) in [6.07, 6.45) is 3.60. The van der Waals surface area contributed by atoms with Crippen molar-refractivity contribution in [3.05, 3.63) is 86.3 Å². The van der Waals surface area contributed by atoms with Gasteiger partial charge in [-0.05, 0) is 47.2 Å². The Morgan fingerprint density at radius 1 is 0.680 bits per heavy atom. The molecule has 1 aliphatic heterocycles. The van der Waals surface area contributed by atoms with Crippen molar-refractivity contribution < 1.29 is 9.59 Å². The Bertz CT molecular complexity index is 906. The number of imide groups is 1. The number of benzene rings is 1. The molecule has 1 aliphatic rings. The number of para-hydroxylation sites is 1. The third-order valence-corrected chi connectivity index (χ3v) is 5.47. The Labute approximate surface area is 153 Å². The van der Waals surface area contributed by atoms with Gasteiger partial charge in [-0.2, -0.15) is 0 Å². The van der Waals surface area contributed by atoms with E-state index in [0.717, 1.165) is 9.75 Å². The summed E-state index contributed by atoms with van der Waals surface area (Å²) in [4.78, 5) is 29.1. The molecule has 0 N–H and O–H groups in total. The van der Waals surface area contributed by atoms with Crippen LogP contribution in [0.25, 0.3) is 12.2 Å². The van der Waals surface area contributed by atoms with Crippen molar-refractivity contribution in [3.8, 4) is 0 Å². The molecular weight excluding hydrogens is 350 g/mol. The Kier molecular flexibility index (Phi) is 4.17. The maximum Gasteiger partial charge on any atom is 0.266 e. The van der Waals surface area contributed by atoms with E-state index in [4.69, 9.17) is 0 Å². The molecule has 122 valence electrons. The molecule has 3 heterocycles. The van der Waals surface area contributed by atoms with Crippen LogP contribution in [-0.4, -0.2) is 11.8 Å². The van der Waals surface area contributed by atoms with Crippen molar-refractivity contribution >= 4 is 52.3 Å². The van der Waals surface area contributed by atoms with Crippen LogP contribution in [0.5, 0.6) is 0 Å². The van der Waals surface area contributed by atoms with E-state index in [9.17, 15) is 9.59 Å². The normalized spacial score (nSPS) is 17.8. The topological polar surface area (TPSA) is 37.4 Å². The van der Waals surface area contributed by atoms with Gasteiger partial charge < -0.3 is 0 Å². The third-order valence-electron chi connectivity index (χ3n) is 3.83. The molecule has 5 heteroatoms. The predicted molar refractivity (Wildman–Crippen MR) is 104 cm³/mol. The molecule has 1 aromatic carbocycles. The molecule has 3 aromatic rings. The summed E-state index contributed by atoms with van der Waals surface area (Å²) in [7, 11) is 0. The van der Waals surface area contributed by atoms with Crippen LogP contribution < -0.4 is 4.90 Å². The molecule has 0 aliphatic carbocycles. The highest BCUT2D eigenvalue weighted by Crippen LogP contribution is 2.33. The Morgan fingerprint density at radius 2 is 1.20 bits per heavy atom. The third kappa shape index (κ3) is 2.99. The second-order valence-corrected chi connectivity index (χ2v) is 7.39. The van der Waals surface area contributed by atoms with Crippen LogP contribution in [-0.2, 0) is 9.59 Å². The quantitative estimate of drug-likeness (QED) is 0.493. The fourth-order valence-corrected chi connectivity index (χ4v) is 4.00. The molecule has 2 amide bonds. The molecule has 2 aromatic heterocycles. The number of amides is 2. The Hall–Kier alpha value is -2.76. The summed E-state index contributed by atoms with van der Waals surface area (Å²) < 4.78 is 0. The number of nitrogens with zero attached hydrogens (tertiary/aromatic N) is 1. The largest absolute Gasteiger partial charge is 0.268 e. The van der Waals surface area contributed by atoms with Crippen LogP contribution >= 0.6 is 22.7 Å². The summed E-state index contributed by atoms with van der Waals surface area (Å²) in [6, 6.07) is 16.8. The average Bonchev–Trinajstić information content (AvgIpc) is 3.36. The molecule has 0 unspecified atom stereocenters. The van der Waals surface area contributed by atoms with Gasteiger partial charge in [0.2, 0.25) is 0 Å². The monoisotopic (exact) mass is 363 g/mol. The Morgan fingerprint density at radius 3 is 1.64 bits per heavy atom. The van der Waals surface area contributed by atoms with Crippen LogP contribution in [0.3, 0.4) is 0 Å². The van der Waals surface area contributed by atoms with Gasteiger partial charge in [0.25, 0.3) is 11.8 Å². The van der Waals surface area contributed by atoms with E-state index in [0.29, 0.717) is 16.8 Å². The van der Waals surface area contributed by atoms with E-state index < -0.39 is 0 Å². The van der Waals surface area contributed by atoms with Crippen LogP contribution in [0.4, 0.5) is 5.69 Å². The second-order valence-electron chi connectivity index (χ2n) is 5.43. The first-order chi connectivity index (χ1) is 12.2. The van der Waals surface area contributed by atoms with Gasteiger partial charge in [0.05, 0.1) is 16.8 Å². The maximum atomic E-state index is 13.0. The first-order valence-electron chi connectivity index (χ1n) is 7.68. The fraction of sp³-hybridized carbons (Fsp3) is 0. The zero-order valence-electron chi connectivity index (χ0n) is 13.1. The minimum absolute atomic E-state index is 0.285. The van der Waals surface area contributed by atoms with Gasteiger partial charge in [-0.1, -0.05) is 30.3 Å². The molecule has 4 rings (SSSR count). The van der Waals surface area contributed by atoms with E-state index in [-0.39, 0.29) is 11.8 Å². The lowest BCUT2D eigenvalue weighted by Gasteiger charge is -2.12. The minimum Gasteiger partial charge on any atom is -0.268 e. The maximum absolute atomic E-state index is 13.0. The molecule has 0 radical (unpaired) electrons. The van der Waals surface area contributed by atoms with Gasteiger partial charge in [0.1, 0.15) is 0 Å². The molecule has 1 saturated heterocycles. The lowest BCUT2D eigenvalue weighted by molar-refractivity contribution is -0.119. The highest BCUT2D eigenvalue weighted by Gasteiger charge is 2.39.